The fourth-order valence-electron chi connectivity index (χ4n) is 4.28. The Balaban J connectivity index is 1.53. The number of esters is 1. The molecule has 0 spiro atoms. The predicted octanol–water partition coefficient (Wildman–Crippen LogP) is 3.96. The van der Waals surface area contributed by atoms with E-state index >= 15 is 0 Å². The van der Waals surface area contributed by atoms with E-state index in [1.165, 1.54) is 0 Å². The van der Waals surface area contributed by atoms with Gasteiger partial charge in [-0.05, 0) is 44.4 Å². The highest BCUT2D eigenvalue weighted by molar-refractivity contribution is 6.30. The Morgan fingerprint density at radius 1 is 1.28 bits per heavy atom. The molecule has 4 atom stereocenters. The first-order valence-corrected chi connectivity index (χ1v) is 10.7. The number of halogens is 1. The zero-order chi connectivity index (χ0) is 22.8. The molecule has 170 valence electrons. The summed E-state index contributed by atoms with van der Waals surface area (Å²) in [7, 11) is 0. The molecule has 1 fully saturated rings. The van der Waals surface area contributed by atoms with E-state index in [1.807, 2.05) is 12.1 Å². The zero-order valence-electron chi connectivity index (χ0n) is 17.7. The van der Waals surface area contributed by atoms with Gasteiger partial charge in [0, 0.05) is 29.0 Å². The molecular weight excluding hydrogens is 440 g/mol. The van der Waals surface area contributed by atoms with Crippen molar-refractivity contribution in [1.29, 1.82) is 0 Å². The van der Waals surface area contributed by atoms with Gasteiger partial charge in [-0.15, -0.1) is 10.1 Å². The Morgan fingerprint density at radius 3 is 2.69 bits per heavy atom. The number of carbonyl (C=O) groups is 1. The number of hydrogen-bond donors (Lipinski definition) is 0. The molecule has 9 nitrogen and oxygen atoms in total. The lowest BCUT2D eigenvalue weighted by Gasteiger charge is -2.16. The van der Waals surface area contributed by atoms with Gasteiger partial charge in [0.05, 0.1) is 24.3 Å². The highest BCUT2D eigenvalue weighted by Gasteiger charge is 2.42. The van der Waals surface area contributed by atoms with Crippen LogP contribution in [0.3, 0.4) is 0 Å². The van der Waals surface area contributed by atoms with Crippen LogP contribution in [0.4, 0.5) is 0 Å². The van der Waals surface area contributed by atoms with Crippen LogP contribution in [0.1, 0.15) is 48.3 Å². The molecule has 1 aromatic carbocycles. The lowest BCUT2D eigenvalue weighted by Crippen LogP contribution is -2.28. The second-order valence-corrected chi connectivity index (χ2v) is 8.24. The number of aryl methyl sites for hydroxylation is 1. The van der Waals surface area contributed by atoms with E-state index in [2.05, 4.69) is 4.98 Å². The molecule has 0 amide bonds. The van der Waals surface area contributed by atoms with Crippen molar-refractivity contribution in [2.45, 2.75) is 51.6 Å². The Labute approximate surface area is 189 Å². The summed E-state index contributed by atoms with van der Waals surface area (Å²) in [4.78, 5) is 32.9. The van der Waals surface area contributed by atoms with Crippen LogP contribution < -0.4 is 4.74 Å². The van der Waals surface area contributed by atoms with Crippen LogP contribution in [-0.4, -0.2) is 34.9 Å². The number of nitrogens with zero attached hydrogens (tertiary/aromatic N) is 2. The lowest BCUT2D eigenvalue weighted by atomic mass is 10.00. The minimum Gasteiger partial charge on any atom is -0.424 e. The van der Waals surface area contributed by atoms with Crippen LogP contribution in [0.25, 0.3) is 0 Å². The number of hydrogen-bond acceptors (Lipinski definition) is 8. The molecule has 0 N–H and O–H groups in total. The molecule has 1 saturated carbocycles. The Morgan fingerprint density at radius 2 is 2.00 bits per heavy atom. The quantitative estimate of drug-likeness (QED) is 0.345. The highest BCUT2D eigenvalue weighted by Crippen LogP contribution is 2.42. The van der Waals surface area contributed by atoms with Crippen LogP contribution in [0.15, 0.2) is 30.5 Å². The van der Waals surface area contributed by atoms with E-state index < -0.39 is 29.2 Å². The van der Waals surface area contributed by atoms with E-state index in [0.717, 1.165) is 16.7 Å². The Kier molecular flexibility index (Phi) is 6.59. The van der Waals surface area contributed by atoms with Gasteiger partial charge in [-0.1, -0.05) is 23.7 Å². The maximum atomic E-state index is 13.0. The maximum Gasteiger partial charge on any atom is 0.314 e. The fourth-order valence-corrected chi connectivity index (χ4v) is 4.41. The number of rotatable bonds is 7. The van der Waals surface area contributed by atoms with Crippen molar-refractivity contribution in [3.63, 3.8) is 0 Å². The normalized spacial score (nSPS) is 24.2. The number of ether oxygens (including phenoxy) is 3. The summed E-state index contributed by atoms with van der Waals surface area (Å²) >= 11 is 5.99. The topological polar surface area (TPSA) is 110 Å². The van der Waals surface area contributed by atoms with Gasteiger partial charge in [0.15, 0.2) is 5.75 Å². The second-order valence-electron chi connectivity index (χ2n) is 7.80. The average molecular weight is 463 g/mol. The van der Waals surface area contributed by atoms with Crippen LogP contribution in [0, 0.1) is 23.0 Å². The van der Waals surface area contributed by atoms with E-state index in [9.17, 15) is 14.9 Å². The van der Waals surface area contributed by atoms with Crippen LogP contribution in [0.2, 0.25) is 5.02 Å². The SMILES string of the molecule is CCO[C@H]1C[C@@H](C(=O)Oc2c(C)ncc3c2COC3c2ccc(Cl)cc2)C[C@H]1O[N+](=O)[O-]. The molecule has 1 aliphatic carbocycles. The number of aromatic nitrogens is 1. The third-order valence-corrected chi connectivity index (χ3v) is 6.04. The summed E-state index contributed by atoms with van der Waals surface area (Å²) in [6, 6.07) is 7.35. The molecule has 2 aromatic rings. The van der Waals surface area contributed by atoms with Crippen LogP contribution >= 0.6 is 11.6 Å². The van der Waals surface area contributed by atoms with Gasteiger partial charge in [-0.2, -0.15) is 0 Å². The summed E-state index contributed by atoms with van der Waals surface area (Å²) < 4.78 is 17.3. The van der Waals surface area contributed by atoms with Crippen molar-refractivity contribution in [2.75, 3.05) is 6.61 Å². The van der Waals surface area contributed by atoms with Gasteiger partial charge in [0.2, 0.25) is 0 Å². The highest BCUT2D eigenvalue weighted by atomic mass is 35.5. The summed E-state index contributed by atoms with van der Waals surface area (Å²) in [6.07, 6.45) is 0.490. The summed E-state index contributed by atoms with van der Waals surface area (Å²) in [5.41, 5.74) is 3.08. The molecule has 1 aliphatic heterocycles. The molecule has 4 rings (SSSR count). The first-order valence-electron chi connectivity index (χ1n) is 10.4. The molecule has 2 aliphatic rings. The number of carbonyl (C=O) groups excluding carboxylic acids is 1. The Hall–Kier alpha value is -2.75. The third kappa shape index (κ3) is 4.55. The van der Waals surface area contributed by atoms with E-state index in [4.69, 9.17) is 30.6 Å². The molecule has 0 bridgehead atoms. The third-order valence-electron chi connectivity index (χ3n) is 5.78. The smallest absolute Gasteiger partial charge is 0.314 e. The van der Waals surface area contributed by atoms with Gasteiger partial charge < -0.3 is 19.0 Å². The maximum absolute atomic E-state index is 13.0. The van der Waals surface area contributed by atoms with Crippen LogP contribution in [0.5, 0.6) is 5.75 Å². The first-order chi connectivity index (χ1) is 15.4. The van der Waals surface area contributed by atoms with Gasteiger partial charge in [0.25, 0.3) is 5.09 Å². The minimum absolute atomic E-state index is 0.149. The van der Waals surface area contributed by atoms with Gasteiger partial charge in [0.1, 0.15) is 12.2 Å². The monoisotopic (exact) mass is 462 g/mol. The van der Waals surface area contributed by atoms with Crippen molar-refractivity contribution in [3.8, 4) is 5.75 Å². The number of benzene rings is 1. The summed E-state index contributed by atoms with van der Waals surface area (Å²) in [5.74, 6) is -0.700. The first kappa shape index (κ1) is 22.4. The molecule has 2 heterocycles. The zero-order valence-corrected chi connectivity index (χ0v) is 18.4. The van der Waals surface area contributed by atoms with E-state index in [-0.39, 0.29) is 25.6 Å². The van der Waals surface area contributed by atoms with E-state index in [0.29, 0.717) is 23.1 Å². The lowest BCUT2D eigenvalue weighted by molar-refractivity contribution is -0.770. The molecule has 0 radical (unpaired) electrons. The fraction of sp³-hybridized carbons (Fsp3) is 0.455. The van der Waals surface area contributed by atoms with E-state index in [1.54, 1.807) is 32.2 Å². The molecule has 32 heavy (non-hydrogen) atoms. The number of fused-ring (bicyclic) bond motifs is 1. The van der Waals surface area contributed by atoms with Crippen molar-refractivity contribution in [3.05, 3.63) is 68.0 Å². The molecule has 10 heteroatoms. The standard InChI is InChI=1S/C22H23ClN2O7/c1-3-29-18-8-14(9-19(18)32-25(27)28)22(26)31-20-12(2)24-10-16-17(20)11-30-21(16)13-4-6-15(23)7-5-13/h4-7,10,14,18-19,21H,3,8-9,11H2,1-2H3/t14-,18+,19-,21?/m1/s1. The van der Waals surface area contributed by atoms with Crippen molar-refractivity contribution in [2.24, 2.45) is 5.92 Å². The minimum atomic E-state index is -0.850. The average Bonchev–Trinajstić information content (AvgIpc) is 3.35. The van der Waals surface area contributed by atoms with Gasteiger partial charge in [-0.3, -0.25) is 9.78 Å². The van der Waals surface area contributed by atoms with Crippen molar-refractivity contribution < 1.29 is 28.9 Å². The van der Waals surface area contributed by atoms with Crippen molar-refractivity contribution in [1.82, 2.24) is 4.98 Å². The molecular formula is C22H23ClN2O7. The Bertz CT molecular complexity index is 1010. The molecule has 0 saturated heterocycles. The summed E-state index contributed by atoms with van der Waals surface area (Å²) in [5, 5.41) is 10.6. The van der Waals surface area contributed by atoms with Crippen molar-refractivity contribution >= 4 is 17.6 Å². The molecule has 1 unspecified atom stereocenters. The largest absolute Gasteiger partial charge is 0.424 e. The predicted molar refractivity (Wildman–Crippen MR) is 113 cm³/mol. The van der Waals surface area contributed by atoms with Gasteiger partial charge >= 0.3 is 5.97 Å². The molecule has 1 aromatic heterocycles. The second kappa shape index (κ2) is 9.40. The van der Waals surface area contributed by atoms with Gasteiger partial charge in [-0.25, -0.2) is 0 Å². The summed E-state index contributed by atoms with van der Waals surface area (Å²) in [6.45, 7) is 4.18. The number of pyridine rings is 1. The van der Waals surface area contributed by atoms with Crippen LogP contribution in [-0.2, 0) is 25.7 Å².